The number of carbonyl (C=O) groups excluding carboxylic acids is 2. The van der Waals surface area contributed by atoms with Gasteiger partial charge in [-0.2, -0.15) is 0 Å². The van der Waals surface area contributed by atoms with E-state index >= 15 is 0 Å². The number of rotatable bonds is 6. The van der Waals surface area contributed by atoms with E-state index in [9.17, 15) is 9.59 Å². The van der Waals surface area contributed by atoms with Crippen LogP contribution in [0.5, 0.6) is 0 Å². The number of pyridine rings is 1. The van der Waals surface area contributed by atoms with Crippen LogP contribution < -0.4 is 10.6 Å². The Morgan fingerprint density at radius 1 is 0.964 bits per heavy atom. The second-order valence-electron chi connectivity index (χ2n) is 6.18. The van der Waals surface area contributed by atoms with E-state index in [0.717, 1.165) is 22.6 Å². The maximum absolute atomic E-state index is 12.3. The van der Waals surface area contributed by atoms with E-state index in [0.29, 0.717) is 17.9 Å². The molecule has 0 aliphatic rings. The molecule has 0 atom stereocenters. The first-order valence-electron chi connectivity index (χ1n) is 8.93. The van der Waals surface area contributed by atoms with Gasteiger partial charge in [0.25, 0.3) is 5.91 Å². The number of amides is 1. The minimum Gasteiger partial charge on any atom is -0.462 e. The van der Waals surface area contributed by atoms with E-state index in [1.165, 1.54) is 0 Å². The molecule has 1 aromatic heterocycles. The number of carbonyl (C=O) groups is 2. The van der Waals surface area contributed by atoms with Gasteiger partial charge >= 0.3 is 5.97 Å². The van der Waals surface area contributed by atoms with Crippen LogP contribution in [0, 0.1) is 6.92 Å². The molecule has 0 fully saturated rings. The Morgan fingerprint density at radius 2 is 1.71 bits per heavy atom. The van der Waals surface area contributed by atoms with Gasteiger partial charge in [-0.25, -0.2) is 9.78 Å². The summed E-state index contributed by atoms with van der Waals surface area (Å²) in [5, 5.41) is 6.01. The maximum atomic E-state index is 12.3. The largest absolute Gasteiger partial charge is 0.462 e. The first-order chi connectivity index (χ1) is 13.5. The monoisotopic (exact) mass is 375 g/mol. The van der Waals surface area contributed by atoms with Crippen molar-refractivity contribution in [1.29, 1.82) is 0 Å². The maximum Gasteiger partial charge on any atom is 0.338 e. The van der Waals surface area contributed by atoms with Crippen molar-refractivity contribution in [2.24, 2.45) is 0 Å². The second-order valence-corrected chi connectivity index (χ2v) is 6.18. The lowest BCUT2D eigenvalue weighted by Gasteiger charge is -2.09. The molecular formula is C22H21N3O3. The third-order valence-electron chi connectivity index (χ3n) is 3.96. The van der Waals surface area contributed by atoms with Crippen molar-refractivity contribution >= 4 is 28.9 Å². The zero-order valence-corrected chi connectivity index (χ0v) is 15.7. The van der Waals surface area contributed by atoms with Crippen molar-refractivity contribution in [3.8, 4) is 0 Å². The van der Waals surface area contributed by atoms with Crippen molar-refractivity contribution in [2.75, 3.05) is 17.2 Å². The number of ether oxygens (including phenoxy) is 1. The van der Waals surface area contributed by atoms with Crippen LogP contribution in [-0.4, -0.2) is 23.5 Å². The first-order valence-corrected chi connectivity index (χ1v) is 8.93. The number of hydrogen-bond donors (Lipinski definition) is 2. The van der Waals surface area contributed by atoms with Gasteiger partial charge in [-0.05, 0) is 67.9 Å². The zero-order valence-electron chi connectivity index (χ0n) is 15.7. The number of nitrogens with one attached hydrogen (secondary N) is 2. The van der Waals surface area contributed by atoms with Gasteiger partial charge in [0.1, 0.15) is 5.69 Å². The number of esters is 1. The molecule has 0 aliphatic heterocycles. The Bertz CT molecular complexity index is 967. The molecule has 1 amide bonds. The van der Waals surface area contributed by atoms with Crippen LogP contribution in [0.15, 0.2) is 66.9 Å². The summed E-state index contributed by atoms with van der Waals surface area (Å²) in [4.78, 5) is 28.2. The highest BCUT2D eigenvalue weighted by molar-refractivity contribution is 6.03. The summed E-state index contributed by atoms with van der Waals surface area (Å²) < 4.78 is 4.96. The highest BCUT2D eigenvalue weighted by atomic mass is 16.5. The fourth-order valence-corrected chi connectivity index (χ4v) is 2.59. The highest BCUT2D eigenvalue weighted by Gasteiger charge is 2.09. The fraction of sp³-hybridized carbons (Fsp3) is 0.136. The van der Waals surface area contributed by atoms with Gasteiger partial charge in [0.15, 0.2) is 0 Å². The molecule has 0 radical (unpaired) electrons. The number of nitrogens with zero attached hydrogens (tertiary/aromatic N) is 1. The van der Waals surface area contributed by atoms with Gasteiger partial charge in [0.2, 0.25) is 0 Å². The molecule has 2 N–H and O–H groups in total. The Kier molecular flexibility index (Phi) is 6.01. The van der Waals surface area contributed by atoms with Gasteiger partial charge in [-0.15, -0.1) is 0 Å². The van der Waals surface area contributed by atoms with Crippen LogP contribution in [0.1, 0.15) is 33.3 Å². The van der Waals surface area contributed by atoms with Crippen LogP contribution in [0.25, 0.3) is 0 Å². The molecule has 0 saturated heterocycles. The van der Waals surface area contributed by atoms with Crippen LogP contribution in [0.3, 0.4) is 0 Å². The van der Waals surface area contributed by atoms with Gasteiger partial charge in [-0.3, -0.25) is 4.79 Å². The highest BCUT2D eigenvalue weighted by Crippen LogP contribution is 2.18. The summed E-state index contributed by atoms with van der Waals surface area (Å²) >= 11 is 0. The minimum atomic E-state index is -0.348. The van der Waals surface area contributed by atoms with Crippen molar-refractivity contribution in [2.45, 2.75) is 13.8 Å². The van der Waals surface area contributed by atoms with E-state index in [2.05, 4.69) is 15.6 Å². The molecular weight excluding hydrogens is 354 g/mol. The third-order valence-corrected chi connectivity index (χ3v) is 3.96. The molecule has 1 heterocycles. The Morgan fingerprint density at radius 3 is 2.36 bits per heavy atom. The Labute approximate surface area is 163 Å². The van der Waals surface area contributed by atoms with E-state index in [4.69, 9.17) is 4.74 Å². The SMILES string of the molecule is CCOC(=O)c1ccc(Nc2ccc(C(=O)Nc3cccc(C)c3)nc2)cc1. The van der Waals surface area contributed by atoms with Crippen LogP contribution >= 0.6 is 0 Å². The lowest BCUT2D eigenvalue weighted by Crippen LogP contribution is -2.13. The van der Waals surface area contributed by atoms with Crippen molar-refractivity contribution < 1.29 is 14.3 Å². The van der Waals surface area contributed by atoms with Gasteiger partial charge < -0.3 is 15.4 Å². The lowest BCUT2D eigenvalue weighted by molar-refractivity contribution is 0.0526. The van der Waals surface area contributed by atoms with E-state index in [1.807, 2.05) is 31.2 Å². The molecule has 3 aromatic rings. The average Bonchev–Trinajstić information content (AvgIpc) is 2.69. The Hall–Kier alpha value is -3.67. The molecule has 0 bridgehead atoms. The summed E-state index contributed by atoms with van der Waals surface area (Å²) in [6, 6.07) is 18.0. The molecule has 142 valence electrons. The Balaban J connectivity index is 1.62. The quantitative estimate of drug-likeness (QED) is 0.617. The molecule has 0 aliphatic carbocycles. The first kappa shape index (κ1) is 19.1. The standard InChI is InChI=1S/C22H21N3O3/c1-3-28-22(27)16-7-9-17(10-8-16)24-19-11-12-20(23-14-19)21(26)25-18-6-4-5-15(2)13-18/h4-14,24H,3H2,1-2H3,(H,25,26). The lowest BCUT2D eigenvalue weighted by atomic mass is 10.2. The summed E-state index contributed by atoms with van der Waals surface area (Å²) in [7, 11) is 0. The fourth-order valence-electron chi connectivity index (χ4n) is 2.59. The van der Waals surface area contributed by atoms with Crippen molar-refractivity contribution in [3.63, 3.8) is 0 Å². The molecule has 0 spiro atoms. The molecule has 28 heavy (non-hydrogen) atoms. The van der Waals surface area contributed by atoms with E-state index < -0.39 is 0 Å². The van der Waals surface area contributed by atoms with E-state index in [1.54, 1.807) is 49.5 Å². The summed E-state index contributed by atoms with van der Waals surface area (Å²) in [6.07, 6.45) is 1.59. The number of aromatic nitrogens is 1. The van der Waals surface area contributed by atoms with Gasteiger partial charge in [-0.1, -0.05) is 12.1 Å². The number of anilines is 3. The molecule has 0 unspecified atom stereocenters. The van der Waals surface area contributed by atoms with Gasteiger partial charge in [0, 0.05) is 11.4 Å². The average molecular weight is 375 g/mol. The molecule has 2 aromatic carbocycles. The molecule has 3 rings (SSSR count). The molecule has 6 heteroatoms. The van der Waals surface area contributed by atoms with Crippen molar-refractivity contribution in [1.82, 2.24) is 4.98 Å². The summed E-state index contributed by atoms with van der Waals surface area (Å²) in [6.45, 7) is 4.08. The summed E-state index contributed by atoms with van der Waals surface area (Å²) in [5.74, 6) is -0.615. The predicted molar refractivity (Wildman–Crippen MR) is 109 cm³/mol. The second kappa shape index (κ2) is 8.81. The van der Waals surface area contributed by atoms with Gasteiger partial charge in [0.05, 0.1) is 24.1 Å². The van der Waals surface area contributed by atoms with Crippen molar-refractivity contribution in [3.05, 3.63) is 83.7 Å². The summed E-state index contributed by atoms with van der Waals surface area (Å²) in [5.41, 5.74) is 4.15. The topological polar surface area (TPSA) is 80.3 Å². The number of aryl methyl sites for hydroxylation is 1. The predicted octanol–water partition coefficient (Wildman–Crippen LogP) is 4.56. The van der Waals surface area contributed by atoms with E-state index in [-0.39, 0.29) is 11.9 Å². The number of hydrogen-bond acceptors (Lipinski definition) is 5. The third kappa shape index (κ3) is 4.94. The zero-order chi connectivity index (χ0) is 19.9. The molecule has 6 nitrogen and oxygen atoms in total. The number of benzene rings is 2. The normalized spacial score (nSPS) is 10.2. The smallest absolute Gasteiger partial charge is 0.338 e. The van der Waals surface area contributed by atoms with Crippen LogP contribution in [0.2, 0.25) is 0 Å². The van der Waals surface area contributed by atoms with Crippen LogP contribution in [0.4, 0.5) is 17.1 Å². The van der Waals surface area contributed by atoms with Crippen LogP contribution in [-0.2, 0) is 4.74 Å². The minimum absolute atomic E-state index is 0.268. The molecule has 0 saturated carbocycles.